The summed E-state index contributed by atoms with van der Waals surface area (Å²) >= 11 is 0. The van der Waals surface area contributed by atoms with E-state index in [9.17, 15) is 8.78 Å². The number of nitrogens with zero attached hydrogens (tertiary/aromatic N) is 1. The molecule has 2 nitrogen and oxygen atoms in total. The molecule has 1 unspecified atom stereocenters. The SMILES string of the molecule is CCCN(C1CCC(N)CC1)C(C)c1cc(F)ccc1F. The van der Waals surface area contributed by atoms with Crippen LogP contribution >= 0.6 is 0 Å². The Bertz CT molecular complexity index is 456. The van der Waals surface area contributed by atoms with Crippen LogP contribution in [0.5, 0.6) is 0 Å². The van der Waals surface area contributed by atoms with Gasteiger partial charge in [-0.1, -0.05) is 6.92 Å². The average molecular weight is 296 g/mol. The van der Waals surface area contributed by atoms with E-state index in [1.807, 2.05) is 6.92 Å². The summed E-state index contributed by atoms with van der Waals surface area (Å²) in [5.41, 5.74) is 6.43. The minimum Gasteiger partial charge on any atom is -0.328 e. The molecule has 1 aliphatic rings. The molecule has 0 heterocycles. The summed E-state index contributed by atoms with van der Waals surface area (Å²) in [5.74, 6) is -0.696. The van der Waals surface area contributed by atoms with Crippen LogP contribution in [0.15, 0.2) is 18.2 Å². The quantitative estimate of drug-likeness (QED) is 0.889. The lowest BCUT2D eigenvalue weighted by molar-refractivity contribution is 0.105. The van der Waals surface area contributed by atoms with Gasteiger partial charge in [-0.3, -0.25) is 4.90 Å². The molecular weight excluding hydrogens is 270 g/mol. The van der Waals surface area contributed by atoms with Crippen LogP contribution in [0.25, 0.3) is 0 Å². The number of nitrogens with two attached hydrogens (primary N) is 1. The third-order valence-corrected chi connectivity index (χ3v) is 4.60. The molecule has 0 aliphatic heterocycles. The van der Waals surface area contributed by atoms with E-state index in [1.54, 1.807) is 0 Å². The molecule has 1 atom stereocenters. The average Bonchev–Trinajstić information content (AvgIpc) is 2.48. The number of hydrogen-bond acceptors (Lipinski definition) is 2. The minimum absolute atomic E-state index is 0.111. The molecular formula is C17H26F2N2. The summed E-state index contributed by atoms with van der Waals surface area (Å²) in [6.07, 6.45) is 5.13. The Labute approximate surface area is 126 Å². The Kier molecular flexibility index (Phi) is 5.71. The zero-order valence-electron chi connectivity index (χ0n) is 13.0. The van der Waals surface area contributed by atoms with Gasteiger partial charge >= 0.3 is 0 Å². The first-order valence-corrected chi connectivity index (χ1v) is 7.99. The second-order valence-corrected chi connectivity index (χ2v) is 6.15. The Morgan fingerprint density at radius 2 is 1.90 bits per heavy atom. The minimum atomic E-state index is -0.375. The molecule has 4 heteroatoms. The first-order chi connectivity index (χ1) is 10.0. The van der Waals surface area contributed by atoms with E-state index in [-0.39, 0.29) is 17.7 Å². The second kappa shape index (κ2) is 7.32. The topological polar surface area (TPSA) is 29.3 Å². The van der Waals surface area contributed by atoms with Gasteiger partial charge in [0.2, 0.25) is 0 Å². The van der Waals surface area contributed by atoms with Gasteiger partial charge in [-0.15, -0.1) is 0 Å². The first kappa shape index (κ1) is 16.4. The number of hydrogen-bond donors (Lipinski definition) is 1. The fraction of sp³-hybridized carbons (Fsp3) is 0.647. The summed E-state index contributed by atoms with van der Waals surface area (Å²) in [4.78, 5) is 2.32. The Hall–Kier alpha value is -1.00. The van der Waals surface area contributed by atoms with Crippen LogP contribution in [0, 0.1) is 11.6 Å². The van der Waals surface area contributed by atoms with Crippen LogP contribution in [-0.2, 0) is 0 Å². The van der Waals surface area contributed by atoms with E-state index >= 15 is 0 Å². The largest absolute Gasteiger partial charge is 0.328 e. The Morgan fingerprint density at radius 3 is 2.52 bits per heavy atom. The van der Waals surface area contributed by atoms with Gasteiger partial charge < -0.3 is 5.73 Å². The van der Waals surface area contributed by atoms with E-state index in [4.69, 9.17) is 5.73 Å². The normalized spacial score (nSPS) is 24.3. The van der Waals surface area contributed by atoms with Gasteiger partial charge in [0, 0.05) is 23.7 Å². The van der Waals surface area contributed by atoms with Crippen LogP contribution in [0.1, 0.15) is 57.6 Å². The monoisotopic (exact) mass is 296 g/mol. The maximum absolute atomic E-state index is 14.0. The van der Waals surface area contributed by atoms with Gasteiger partial charge in [0.05, 0.1) is 0 Å². The van der Waals surface area contributed by atoms with Crippen LogP contribution in [-0.4, -0.2) is 23.5 Å². The lowest BCUT2D eigenvalue weighted by Crippen LogP contribution is -2.42. The molecule has 2 N–H and O–H groups in total. The highest BCUT2D eigenvalue weighted by Crippen LogP contribution is 2.31. The molecule has 1 aromatic carbocycles. The van der Waals surface area contributed by atoms with Gasteiger partial charge in [0.1, 0.15) is 11.6 Å². The van der Waals surface area contributed by atoms with E-state index in [2.05, 4.69) is 11.8 Å². The van der Waals surface area contributed by atoms with Crippen molar-refractivity contribution in [3.63, 3.8) is 0 Å². The molecule has 1 fully saturated rings. The van der Waals surface area contributed by atoms with Gasteiger partial charge in [0.15, 0.2) is 0 Å². The molecule has 2 rings (SSSR count). The second-order valence-electron chi connectivity index (χ2n) is 6.15. The highest BCUT2D eigenvalue weighted by Gasteiger charge is 2.28. The van der Waals surface area contributed by atoms with Crippen molar-refractivity contribution < 1.29 is 8.78 Å². The zero-order valence-corrected chi connectivity index (χ0v) is 13.0. The summed E-state index contributed by atoms with van der Waals surface area (Å²) in [5, 5.41) is 0. The molecule has 1 saturated carbocycles. The molecule has 0 aromatic heterocycles. The van der Waals surface area contributed by atoms with Gasteiger partial charge in [-0.2, -0.15) is 0 Å². The summed E-state index contributed by atoms with van der Waals surface area (Å²) in [7, 11) is 0. The van der Waals surface area contributed by atoms with Crippen molar-refractivity contribution in [3.05, 3.63) is 35.4 Å². The lowest BCUT2D eigenvalue weighted by atomic mass is 9.89. The Morgan fingerprint density at radius 1 is 1.24 bits per heavy atom. The van der Waals surface area contributed by atoms with Crippen molar-refractivity contribution in [3.8, 4) is 0 Å². The van der Waals surface area contributed by atoms with E-state index in [0.29, 0.717) is 17.6 Å². The molecule has 21 heavy (non-hydrogen) atoms. The number of halogens is 2. The molecule has 0 spiro atoms. The van der Waals surface area contributed by atoms with Crippen molar-refractivity contribution in [2.45, 2.75) is 64.1 Å². The summed E-state index contributed by atoms with van der Waals surface area (Å²) in [6, 6.07) is 4.34. The third kappa shape index (κ3) is 4.01. The molecule has 0 bridgehead atoms. The maximum atomic E-state index is 14.0. The summed E-state index contributed by atoms with van der Waals surface area (Å²) < 4.78 is 27.5. The Balaban J connectivity index is 2.18. The smallest absolute Gasteiger partial charge is 0.128 e. The van der Waals surface area contributed by atoms with Crippen molar-refractivity contribution in [1.82, 2.24) is 4.90 Å². The van der Waals surface area contributed by atoms with E-state index in [0.717, 1.165) is 38.6 Å². The predicted molar refractivity (Wildman–Crippen MR) is 82.0 cm³/mol. The molecule has 1 aliphatic carbocycles. The van der Waals surface area contributed by atoms with Crippen molar-refractivity contribution >= 4 is 0 Å². The van der Waals surface area contributed by atoms with Gasteiger partial charge in [-0.25, -0.2) is 8.78 Å². The van der Waals surface area contributed by atoms with E-state index < -0.39 is 0 Å². The van der Waals surface area contributed by atoms with Crippen LogP contribution < -0.4 is 5.73 Å². The van der Waals surface area contributed by atoms with Crippen molar-refractivity contribution in [2.24, 2.45) is 5.73 Å². The van der Waals surface area contributed by atoms with E-state index in [1.165, 1.54) is 18.2 Å². The predicted octanol–water partition coefficient (Wildman–Crippen LogP) is 4.01. The van der Waals surface area contributed by atoms with Crippen LogP contribution in [0.3, 0.4) is 0 Å². The highest BCUT2D eigenvalue weighted by atomic mass is 19.1. The standard InChI is InChI=1S/C17H26F2N2/c1-3-10-21(15-7-5-14(20)6-8-15)12(2)16-11-13(18)4-9-17(16)19/h4,9,11-12,14-15H,3,5-8,10,20H2,1-2H3. The van der Waals surface area contributed by atoms with Gasteiger partial charge in [0.25, 0.3) is 0 Å². The van der Waals surface area contributed by atoms with Crippen molar-refractivity contribution in [1.29, 1.82) is 0 Å². The molecule has 118 valence electrons. The number of benzene rings is 1. The van der Waals surface area contributed by atoms with Crippen LogP contribution in [0.4, 0.5) is 8.78 Å². The van der Waals surface area contributed by atoms with Crippen molar-refractivity contribution in [2.75, 3.05) is 6.54 Å². The van der Waals surface area contributed by atoms with Crippen LogP contribution in [0.2, 0.25) is 0 Å². The third-order valence-electron chi connectivity index (χ3n) is 4.60. The van der Waals surface area contributed by atoms with Gasteiger partial charge in [-0.05, 0) is 63.8 Å². The zero-order chi connectivity index (χ0) is 15.4. The fourth-order valence-electron chi connectivity index (χ4n) is 3.40. The maximum Gasteiger partial charge on any atom is 0.128 e. The highest BCUT2D eigenvalue weighted by molar-refractivity contribution is 5.22. The lowest BCUT2D eigenvalue weighted by Gasteiger charge is -2.40. The molecule has 0 amide bonds. The summed E-state index contributed by atoms with van der Waals surface area (Å²) in [6.45, 7) is 5.00. The molecule has 1 aromatic rings. The fourth-order valence-corrected chi connectivity index (χ4v) is 3.40. The molecule has 0 saturated heterocycles. The molecule has 0 radical (unpaired) electrons. The first-order valence-electron chi connectivity index (χ1n) is 7.99. The number of rotatable bonds is 5.